The predicted molar refractivity (Wildman–Crippen MR) is 118 cm³/mol. The van der Waals surface area contributed by atoms with E-state index in [9.17, 15) is 14.7 Å². The van der Waals surface area contributed by atoms with Crippen LogP contribution in [0.4, 0.5) is 4.79 Å². The van der Waals surface area contributed by atoms with Crippen LogP contribution < -0.4 is 4.74 Å². The molecule has 0 radical (unpaired) electrons. The summed E-state index contributed by atoms with van der Waals surface area (Å²) < 4.78 is 16.4. The fourth-order valence-corrected chi connectivity index (χ4v) is 3.84. The molecule has 7 heteroatoms. The Bertz CT molecular complexity index is 657. The Kier molecular flexibility index (Phi) is 11.2. The molecule has 7 nitrogen and oxygen atoms in total. The van der Waals surface area contributed by atoms with E-state index in [1.54, 1.807) is 11.8 Å². The van der Waals surface area contributed by atoms with Crippen LogP contribution in [0.5, 0.6) is 5.75 Å². The van der Waals surface area contributed by atoms with Gasteiger partial charge in [0, 0.05) is 19.6 Å². The summed E-state index contributed by atoms with van der Waals surface area (Å²) in [5, 5.41) is 9.21. The van der Waals surface area contributed by atoms with Crippen molar-refractivity contribution >= 4 is 12.1 Å². The van der Waals surface area contributed by atoms with Crippen molar-refractivity contribution in [2.75, 3.05) is 32.9 Å². The van der Waals surface area contributed by atoms with Crippen molar-refractivity contribution < 1.29 is 28.9 Å². The monoisotopic (exact) mass is 435 g/mol. The van der Waals surface area contributed by atoms with Gasteiger partial charge in [0.2, 0.25) is 0 Å². The summed E-state index contributed by atoms with van der Waals surface area (Å²) in [5.74, 6) is 0.431. The van der Waals surface area contributed by atoms with Gasteiger partial charge in [-0.1, -0.05) is 44.7 Å². The molecule has 31 heavy (non-hydrogen) atoms. The third-order valence-electron chi connectivity index (χ3n) is 5.59. The zero-order valence-corrected chi connectivity index (χ0v) is 18.9. The van der Waals surface area contributed by atoms with Gasteiger partial charge in [-0.2, -0.15) is 0 Å². The van der Waals surface area contributed by atoms with Crippen molar-refractivity contribution in [1.29, 1.82) is 0 Å². The molecular formula is C24H37NO6. The van der Waals surface area contributed by atoms with Crippen molar-refractivity contribution in [3.63, 3.8) is 0 Å². The smallest absolute Gasteiger partial charge is 0.409 e. The number of hydrogen-bond acceptors (Lipinski definition) is 5. The fraction of sp³-hybridized carbons (Fsp3) is 0.667. The molecule has 0 aromatic heterocycles. The number of ether oxygens (including phenoxy) is 3. The van der Waals surface area contributed by atoms with E-state index in [1.807, 2.05) is 31.2 Å². The number of benzene rings is 1. The van der Waals surface area contributed by atoms with Crippen LogP contribution in [-0.4, -0.2) is 61.1 Å². The molecule has 1 aliphatic carbocycles. The van der Waals surface area contributed by atoms with E-state index >= 15 is 0 Å². The van der Waals surface area contributed by atoms with Gasteiger partial charge in [-0.3, -0.25) is 0 Å². The van der Waals surface area contributed by atoms with E-state index in [2.05, 4.69) is 0 Å². The number of carbonyl (C=O) groups excluding carboxylic acids is 1. The fourth-order valence-electron chi connectivity index (χ4n) is 3.84. The normalized spacial score (nSPS) is 14.9. The first kappa shape index (κ1) is 25.0. The van der Waals surface area contributed by atoms with Gasteiger partial charge in [-0.15, -0.1) is 0 Å². The van der Waals surface area contributed by atoms with E-state index in [0.717, 1.165) is 18.4 Å². The Labute approximate surface area is 185 Å². The molecule has 1 N–H and O–H groups in total. The van der Waals surface area contributed by atoms with Crippen LogP contribution in [0.2, 0.25) is 0 Å². The maximum Gasteiger partial charge on any atom is 0.409 e. The van der Waals surface area contributed by atoms with Gasteiger partial charge < -0.3 is 24.2 Å². The van der Waals surface area contributed by atoms with E-state index in [4.69, 9.17) is 14.2 Å². The number of aliphatic carboxylic acids is 1. The molecule has 1 fully saturated rings. The van der Waals surface area contributed by atoms with Crippen molar-refractivity contribution in [1.82, 2.24) is 4.90 Å². The summed E-state index contributed by atoms with van der Waals surface area (Å²) in [6.07, 6.45) is 6.11. The Morgan fingerprint density at radius 2 is 1.81 bits per heavy atom. The lowest BCUT2D eigenvalue weighted by molar-refractivity contribution is -0.149. The molecule has 1 aliphatic rings. The standard InChI is InChI=1S/C24H37NO6/c1-3-16-31-24(28)25(14-13-19-7-5-6-8-19)15-17-30-21-11-9-20(10-12-21)18-22(23(26)27)29-4-2/h9-12,19,22H,3-8,13-18H2,1-2H3,(H,26,27). The summed E-state index contributed by atoms with van der Waals surface area (Å²) >= 11 is 0. The van der Waals surface area contributed by atoms with E-state index in [0.29, 0.717) is 51.0 Å². The van der Waals surface area contributed by atoms with Crippen LogP contribution in [0, 0.1) is 5.92 Å². The van der Waals surface area contributed by atoms with Gasteiger partial charge in [0.1, 0.15) is 12.4 Å². The van der Waals surface area contributed by atoms with Gasteiger partial charge in [-0.05, 0) is 43.4 Å². The Hall–Kier alpha value is -2.28. The topological polar surface area (TPSA) is 85.3 Å². The lowest BCUT2D eigenvalue weighted by atomic mass is 10.0. The molecule has 1 unspecified atom stereocenters. The lowest BCUT2D eigenvalue weighted by Crippen LogP contribution is -2.36. The highest BCUT2D eigenvalue weighted by atomic mass is 16.6. The Morgan fingerprint density at radius 3 is 2.42 bits per heavy atom. The van der Waals surface area contributed by atoms with E-state index < -0.39 is 12.1 Å². The van der Waals surface area contributed by atoms with Crippen LogP contribution in [0.15, 0.2) is 24.3 Å². The average molecular weight is 436 g/mol. The zero-order valence-electron chi connectivity index (χ0n) is 18.9. The molecular weight excluding hydrogens is 398 g/mol. The van der Waals surface area contributed by atoms with Crippen molar-refractivity contribution in [3.05, 3.63) is 29.8 Å². The SMILES string of the molecule is CCCOC(=O)N(CCOc1ccc(CC(OCC)C(=O)O)cc1)CCC1CCCC1. The van der Waals surface area contributed by atoms with Gasteiger partial charge in [0.05, 0.1) is 13.2 Å². The predicted octanol–water partition coefficient (Wildman–Crippen LogP) is 4.53. The summed E-state index contributed by atoms with van der Waals surface area (Å²) in [6, 6.07) is 7.33. The molecule has 1 saturated carbocycles. The number of rotatable bonds is 14. The lowest BCUT2D eigenvalue weighted by Gasteiger charge is -2.23. The number of hydrogen-bond donors (Lipinski definition) is 1. The Balaban J connectivity index is 1.82. The molecule has 2 rings (SSSR count). The molecule has 174 valence electrons. The van der Waals surface area contributed by atoms with Gasteiger partial charge >= 0.3 is 12.1 Å². The quantitative estimate of drug-likeness (QED) is 0.462. The van der Waals surface area contributed by atoms with Gasteiger partial charge in [0.15, 0.2) is 6.10 Å². The van der Waals surface area contributed by atoms with Crippen molar-refractivity contribution in [2.45, 2.75) is 64.9 Å². The molecule has 1 aromatic rings. The van der Waals surface area contributed by atoms with Gasteiger partial charge in [0.25, 0.3) is 0 Å². The van der Waals surface area contributed by atoms with Crippen LogP contribution >= 0.6 is 0 Å². The second-order valence-corrected chi connectivity index (χ2v) is 8.02. The van der Waals surface area contributed by atoms with E-state index in [1.165, 1.54) is 25.7 Å². The third-order valence-corrected chi connectivity index (χ3v) is 5.59. The molecule has 0 saturated heterocycles. The second-order valence-electron chi connectivity index (χ2n) is 8.02. The molecule has 0 aliphatic heterocycles. The Morgan fingerprint density at radius 1 is 1.10 bits per heavy atom. The number of nitrogens with zero attached hydrogens (tertiary/aromatic N) is 1. The number of amides is 1. The summed E-state index contributed by atoms with van der Waals surface area (Å²) in [4.78, 5) is 25.4. The first-order valence-corrected chi connectivity index (χ1v) is 11.5. The first-order chi connectivity index (χ1) is 15.0. The van der Waals surface area contributed by atoms with Crippen LogP contribution in [0.25, 0.3) is 0 Å². The van der Waals surface area contributed by atoms with Crippen molar-refractivity contribution in [3.8, 4) is 5.75 Å². The van der Waals surface area contributed by atoms with Crippen molar-refractivity contribution in [2.24, 2.45) is 5.92 Å². The summed E-state index contributed by atoms with van der Waals surface area (Å²) in [6.45, 7) is 6.10. The highest BCUT2D eigenvalue weighted by molar-refractivity contribution is 5.72. The molecule has 0 spiro atoms. The molecule has 0 heterocycles. The van der Waals surface area contributed by atoms with Crippen LogP contribution in [0.1, 0.15) is 57.9 Å². The minimum atomic E-state index is -0.963. The highest BCUT2D eigenvalue weighted by Crippen LogP contribution is 2.27. The highest BCUT2D eigenvalue weighted by Gasteiger charge is 2.20. The number of carbonyl (C=O) groups is 2. The molecule has 0 bridgehead atoms. The second kappa shape index (κ2) is 13.9. The number of carboxylic acids is 1. The van der Waals surface area contributed by atoms with E-state index in [-0.39, 0.29) is 6.09 Å². The van der Waals surface area contributed by atoms with Crippen LogP contribution in [-0.2, 0) is 20.7 Å². The zero-order chi connectivity index (χ0) is 22.5. The molecule has 1 atom stereocenters. The largest absolute Gasteiger partial charge is 0.492 e. The maximum absolute atomic E-state index is 12.4. The maximum atomic E-state index is 12.4. The summed E-state index contributed by atoms with van der Waals surface area (Å²) in [5.41, 5.74) is 0.870. The minimum Gasteiger partial charge on any atom is -0.492 e. The van der Waals surface area contributed by atoms with Gasteiger partial charge in [-0.25, -0.2) is 9.59 Å². The minimum absolute atomic E-state index is 0.269. The molecule has 1 amide bonds. The molecule has 1 aromatic carbocycles. The number of carboxylic acid groups (broad SMARTS) is 1. The average Bonchev–Trinajstić information content (AvgIpc) is 3.28. The first-order valence-electron chi connectivity index (χ1n) is 11.5. The van der Waals surface area contributed by atoms with Crippen LogP contribution in [0.3, 0.4) is 0 Å². The summed E-state index contributed by atoms with van der Waals surface area (Å²) in [7, 11) is 0. The third kappa shape index (κ3) is 9.17.